The monoisotopic (exact) mass is 432 g/mol. The van der Waals surface area contributed by atoms with E-state index in [0.717, 1.165) is 22.9 Å². The zero-order valence-electron chi connectivity index (χ0n) is 15.7. The van der Waals surface area contributed by atoms with E-state index in [1.54, 1.807) is 25.5 Å². The highest BCUT2D eigenvalue weighted by Gasteiger charge is 2.11. The topological polar surface area (TPSA) is 59.9 Å². The third-order valence-corrected chi connectivity index (χ3v) is 4.50. The Hall–Kier alpha value is -2.34. The highest BCUT2D eigenvalue weighted by atomic mass is 79.9. The second-order valence-corrected chi connectivity index (χ2v) is 6.86. The number of carbonyl (C=O) groups excluding carboxylic acids is 1. The first-order valence-electron chi connectivity index (χ1n) is 9.04. The van der Waals surface area contributed by atoms with Crippen molar-refractivity contribution < 1.29 is 14.3 Å². The molecule has 0 saturated carbocycles. The van der Waals surface area contributed by atoms with Crippen LogP contribution in [-0.4, -0.2) is 25.8 Å². The summed E-state index contributed by atoms with van der Waals surface area (Å²) in [6.07, 6.45) is 6.15. The molecule has 0 aliphatic rings. The maximum atomic E-state index is 12.0. The van der Waals surface area contributed by atoms with Crippen LogP contribution in [0.5, 0.6) is 11.5 Å². The third-order valence-electron chi connectivity index (χ3n) is 3.91. The lowest BCUT2D eigenvalue weighted by Crippen LogP contribution is -2.17. The Kier molecular flexibility index (Phi) is 8.84. The van der Waals surface area contributed by atoms with E-state index in [1.807, 2.05) is 30.3 Å². The summed E-state index contributed by atoms with van der Waals surface area (Å²) in [4.78, 5) is 12.0. The van der Waals surface area contributed by atoms with Crippen molar-refractivity contribution in [3.05, 3.63) is 58.1 Å². The molecular formula is C21H25BrN2O3. The van der Waals surface area contributed by atoms with Crippen molar-refractivity contribution >= 4 is 28.1 Å². The van der Waals surface area contributed by atoms with Crippen molar-refractivity contribution in [3.63, 3.8) is 0 Å². The number of benzene rings is 2. The van der Waals surface area contributed by atoms with Gasteiger partial charge in [0.2, 0.25) is 0 Å². The molecule has 2 aromatic carbocycles. The van der Waals surface area contributed by atoms with Crippen LogP contribution in [0.1, 0.15) is 48.5 Å². The van der Waals surface area contributed by atoms with E-state index in [2.05, 4.69) is 33.4 Å². The zero-order valence-corrected chi connectivity index (χ0v) is 17.3. The standard InChI is InChI=1S/C21H25BrN2O3/c1-3-4-5-9-12-27-20-18(22)13-16(14-19(20)26-2)15-23-24-21(25)17-10-7-6-8-11-17/h6-8,10-11,13-15H,3-5,9,12H2,1-2H3,(H,24,25). The SMILES string of the molecule is CCCCCCOc1c(Br)cc(C=NNC(=O)c2ccccc2)cc1OC. The van der Waals surface area contributed by atoms with E-state index in [1.165, 1.54) is 12.8 Å². The van der Waals surface area contributed by atoms with Gasteiger partial charge in [0.25, 0.3) is 5.91 Å². The van der Waals surface area contributed by atoms with Gasteiger partial charge >= 0.3 is 0 Å². The van der Waals surface area contributed by atoms with Crippen molar-refractivity contribution in [1.29, 1.82) is 0 Å². The lowest BCUT2D eigenvalue weighted by molar-refractivity contribution is 0.0955. The number of rotatable bonds is 10. The van der Waals surface area contributed by atoms with E-state index in [0.29, 0.717) is 23.7 Å². The van der Waals surface area contributed by atoms with Crippen LogP contribution in [0.4, 0.5) is 0 Å². The molecule has 0 spiro atoms. The lowest BCUT2D eigenvalue weighted by Gasteiger charge is -2.13. The molecule has 5 nitrogen and oxygen atoms in total. The smallest absolute Gasteiger partial charge is 0.271 e. The van der Waals surface area contributed by atoms with E-state index >= 15 is 0 Å². The van der Waals surface area contributed by atoms with Crippen LogP contribution in [0.3, 0.4) is 0 Å². The number of hydrogen-bond donors (Lipinski definition) is 1. The molecule has 0 bridgehead atoms. The van der Waals surface area contributed by atoms with Gasteiger partial charge in [-0.1, -0.05) is 44.4 Å². The van der Waals surface area contributed by atoms with E-state index in [9.17, 15) is 4.79 Å². The number of halogens is 1. The minimum Gasteiger partial charge on any atom is -0.493 e. The molecule has 2 rings (SSSR count). The molecule has 27 heavy (non-hydrogen) atoms. The van der Waals surface area contributed by atoms with Gasteiger partial charge in [0, 0.05) is 5.56 Å². The Morgan fingerprint density at radius 2 is 1.96 bits per heavy atom. The molecule has 0 aliphatic carbocycles. The molecule has 1 amide bonds. The van der Waals surface area contributed by atoms with E-state index in [4.69, 9.17) is 9.47 Å². The molecule has 0 unspecified atom stereocenters. The first-order chi connectivity index (χ1) is 13.2. The van der Waals surface area contributed by atoms with Gasteiger partial charge in [-0.3, -0.25) is 4.79 Å². The molecule has 0 radical (unpaired) electrons. The Labute approximate surface area is 168 Å². The summed E-state index contributed by atoms with van der Waals surface area (Å²) >= 11 is 3.53. The zero-order chi connectivity index (χ0) is 19.5. The summed E-state index contributed by atoms with van der Waals surface area (Å²) in [6, 6.07) is 12.6. The van der Waals surface area contributed by atoms with E-state index < -0.39 is 0 Å². The number of amides is 1. The quantitative estimate of drug-likeness (QED) is 0.319. The molecule has 2 aromatic rings. The van der Waals surface area contributed by atoms with Crippen LogP contribution in [0.25, 0.3) is 0 Å². The minimum atomic E-state index is -0.259. The van der Waals surface area contributed by atoms with Crippen molar-refractivity contribution in [2.75, 3.05) is 13.7 Å². The van der Waals surface area contributed by atoms with Gasteiger partial charge < -0.3 is 9.47 Å². The van der Waals surface area contributed by atoms with Gasteiger partial charge in [-0.05, 0) is 52.2 Å². The summed E-state index contributed by atoms with van der Waals surface area (Å²) in [5.41, 5.74) is 3.85. The summed E-state index contributed by atoms with van der Waals surface area (Å²) < 4.78 is 12.1. The molecular weight excluding hydrogens is 408 g/mol. The predicted molar refractivity (Wildman–Crippen MR) is 112 cm³/mol. The van der Waals surface area contributed by atoms with Crippen molar-refractivity contribution in [3.8, 4) is 11.5 Å². The van der Waals surface area contributed by atoms with Gasteiger partial charge in [-0.15, -0.1) is 0 Å². The Bertz CT molecular complexity index is 764. The highest BCUT2D eigenvalue weighted by Crippen LogP contribution is 2.36. The van der Waals surface area contributed by atoms with Crippen LogP contribution in [0, 0.1) is 0 Å². The van der Waals surface area contributed by atoms with Gasteiger partial charge in [-0.2, -0.15) is 5.10 Å². The number of nitrogens with one attached hydrogen (secondary N) is 1. The Morgan fingerprint density at radius 3 is 2.67 bits per heavy atom. The Morgan fingerprint density at radius 1 is 1.19 bits per heavy atom. The number of hydrogen-bond acceptors (Lipinski definition) is 4. The minimum absolute atomic E-state index is 0.259. The summed E-state index contributed by atoms with van der Waals surface area (Å²) in [7, 11) is 1.60. The number of nitrogens with zero attached hydrogens (tertiary/aromatic N) is 1. The van der Waals surface area contributed by atoms with Crippen LogP contribution in [0.2, 0.25) is 0 Å². The van der Waals surface area contributed by atoms with Crippen molar-refractivity contribution in [1.82, 2.24) is 5.43 Å². The molecule has 0 aliphatic heterocycles. The van der Waals surface area contributed by atoms with Gasteiger partial charge in [-0.25, -0.2) is 5.43 Å². The number of ether oxygens (including phenoxy) is 2. The third kappa shape index (κ3) is 6.71. The fraction of sp³-hybridized carbons (Fsp3) is 0.333. The maximum absolute atomic E-state index is 12.0. The summed E-state index contributed by atoms with van der Waals surface area (Å²) in [6.45, 7) is 2.83. The van der Waals surface area contributed by atoms with Crippen LogP contribution in [-0.2, 0) is 0 Å². The van der Waals surface area contributed by atoms with Crippen LogP contribution >= 0.6 is 15.9 Å². The van der Waals surface area contributed by atoms with Crippen molar-refractivity contribution in [2.45, 2.75) is 32.6 Å². The molecule has 0 heterocycles. The van der Waals surface area contributed by atoms with E-state index in [-0.39, 0.29) is 5.91 Å². The highest BCUT2D eigenvalue weighted by molar-refractivity contribution is 9.10. The maximum Gasteiger partial charge on any atom is 0.271 e. The fourth-order valence-electron chi connectivity index (χ4n) is 2.48. The second kappa shape index (κ2) is 11.4. The number of carbonyl (C=O) groups is 1. The Balaban J connectivity index is 1.99. The largest absolute Gasteiger partial charge is 0.493 e. The van der Waals surface area contributed by atoms with Gasteiger partial charge in [0.1, 0.15) is 0 Å². The predicted octanol–water partition coefficient (Wildman–Crippen LogP) is 5.18. The summed E-state index contributed by atoms with van der Waals surface area (Å²) in [5, 5.41) is 4.02. The van der Waals surface area contributed by atoms with Crippen LogP contribution < -0.4 is 14.9 Å². The number of unbranched alkanes of at least 4 members (excludes halogenated alkanes) is 3. The first kappa shape index (κ1) is 21.0. The van der Waals surface area contributed by atoms with Crippen LogP contribution in [0.15, 0.2) is 52.0 Å². The fourth-order valence-corrected chi connectivity index (χ4v) is 3.05. The average molecular weight is 433 g/mol. The van der Waals surface area contributed by atoms with Crippen molar-refractivity contribution in [2.24, 2.45) is 5.10 Å². The second-order valence-electron chi connectivity index (χ2n) is 6.01. The first-order valence-corrected chi connectivity index (χ1v) is 9.83. The molecule has 0 aromatic heterocycles. The summed E-state index contributed by atoms with van der Waals surface area (Å²) in [5.74, 6) is 1.04. The molecule has 144 valence electrons. The lowest BCUT2D eigenvalue weighted by atomic mass is 10.2. The number of hydrazone groups is 1. The van der Waals surface area contributed by atoms with Gasteiger partial charge in [0.05, 0.1) is 24.4 Å². The normalized spacial score (nSPS) is 10.8. The molecule has 0 saturated heterocycles. The number of methoxy groups -OCH3 is 1. The van der Waals surface area contributed by atoms with Gasteiger partial charge in [0.15, 0.2) is 11.5 Å². The average Bonchev–Trinajstić information content (AvgIpc) is 2.69. The molecule has 6 heteroatoms. The molecule has 1 N–H and O–H groups in total. The molecule has 0 atom stereocenters. The molecule has 0 fully saturated rings.